The molecule has 3 rings (SSSR count). The Labute approximate surface area is 163 Å². The number of H-pyrrole nitrogens is 1. The molecule has 0 spiro atoms. The molecule has 2 amide bonds. The van der Waals surface area contributed by atoms with Gasteiger partial charge in [0.1, 0.15) is 5.75 Å². The summed E-state index contributed by atoms with van der Waals surface area (Å²) < 4.78 is 6.21. The molecule has 0 aliphatic carbocycles. The van der Waals surface area contributed by atoms with Gasteiger partial charge in [-0.15, -0.1) is 0 Å². The van der Waals surface area contributed by atoms with Crippen molar-refractivity contribution in [3.05, 3.63) is 63.7 Å². The van der Waals surface area contributed by atoms with Crippen LogP contribution >= 0.6 is 27.5 Å². The van der Waals surface area contributed by atoms with Gasteiger partial charge >= 0.3 is 0 Å². The number of rotatable bonds is 4. The van der Waals surface area contributed by atoms with E-state index in [0.29, 0.717) is 20.8 Å². The van der Waals surface area contributed by atoms with Gasteiger partial charge in [0, 0.05) is 22.1 Å². The molecule has 3 N–H and O–H groups in total. The molecular formula is C18H15BrClN3O3. The number of para-hydroxylation sites is 1. The molecule has 2 aromatic carbocycles. The highest BCUT2D eigenvalue weighted by atomic mass is 79.9. The van der Waals surface area contributed by atoms with E-state index >= 15 is 0 Å². The summed E-state index contributed by atoms with van der Waals surface area (Å²) in [7, 11) is 0. The SMILES string of the molecule is C[C@H](Oc1ccc(Cl)cc1Br)C(=O)NNC(=O)c1c[nH]c2ccccc12. The van der Waals surface area contributed by atoms with Crippen LogP contribution < -0.4 is 15.6 Å². The average molecular weight is 437 g/mol. The molecule has 0 unspecified atom stereocenters. The number of carbonyl (C=O) groups is 2. The van der Waals surface area contributed by atoms with Gasteiger partial charge in [-0.3, -0.25) is 20.4 Å². The number of carbonyl (C=O) groups excluding carboxylic acids is 2. The van der Waals surface area contributed by atoms with E-state index in [9.17, 15) is 9.59 Å². The first-order chi connectivity index (χ1) is 12.5. The monoisotopic (exact) mass is 435 g/mol. The Morgan fingerprint density at radius 2 is 1.96 bits per heavy atom. The lowest BCUT2D eigenvalue weighted by atomic mass is 10.2. The number of hydrogen-bond acceptors (Lipinski definition) is 3. The van der Waals surface area contributed by atoms with Gasteiger partial charge in [-0.1, -0.05) is 29.8 Å². The minimum Gasteiger partial charge on any atom is -0.480 e. The summed E-state index contributed by atoms with van der Waals surface area (Å²) >= 11 is 9.20. The van der Waals surface area contributed by atoms with Crippen molar-refractivity contribution in [3.63, 3.8) is 0 Å². The summed E-state index contributed by atoms with van der Waals surface area (Å²) in [5.74, 6) is -0.435. The van der Waals surface area contributed by atoms with Gasteiger partial charge in [0.2, 0.25) is 0 Å². The van der Waals surface area contributed by atoms with Crippen LogP contribution in [0.25, 0.3) is 10.9 Å². The molecule has 134 valence electrons. The van der Waals surface area contributed by atoms with Crippen molar-refractivity contribution >= 4 is 50.2 Å². The highest BCUT2D eigenvalue weighted by molar-refractivity contribution is 9.10. The maximum Gasteiger partial charge on any atom is 0.279 e. The lowest BCUT2D eigenvalue weighted by Gasteiger charge is -2.16. The summed E-state index contributed by atoms with van der Waals surface area (Å²) in [5, 5.41) is 1.32. The maximum atomic E-state index is 12.3. The van der Waals surface area contributed by atoms with Crippen molar-refractivity contribution in [1.29, 1.82) is 0 Å². The summed E-state index contributed by atoms with van der Waals surface area (Å²) in [6.07, 6.45) is 0.771. The summed E-state index contributed by atoms with van der Waals surface area (Å²) in [6, 6.07) is 12.4. The van der Waals surface area contributed by atoms with E-state index in [1.807, 2.05) is 24.3 Å². The predicted octanol–water partition coefficient (Wildman–Crippen LogP) is 3.81. The fourth-order valence-corrected chi connectivity index (χ4v) is 3.14. The molecule has 26 heavy (non-hydrogen) atoms. The topological polar surface area (TPSA) is 83.2 Å². The number of aromatic amines is 1. The van der Waals surface area contributed by atoms with E-state index in [2.05, 4.69) is 31.8 Å². The molecule has 0 aliphatic heterocycles. The third kappa shape index (κ3) is 4.00. The zero-order valence-electron chi connectivity index (χ0n) is 13.7. The zero-order valence-corrected chi connectivity index (χ0v) is 16.0. The summed E-state index contributed by atoms with van der Waals surface area (Å²) in [5.41, 5.74) is 6.04. The molecule has 0 bridgehead atoms. The molecule has 0 radical (unpaired) electrons. The Morgan fingerprint density at radius 1 is 1.19 bits per heavy atom. The lowest BCUT2D eigenvalue weighted by Crippen LogP contribution is -2.47. The van der Waals surface area contributed by atoms with Crippen molar-refractivity contribution in [2.45, 2.75) is 13.0 Å². The van der Waals surface area contributed by atoms with Crippen LogP contribution in [0.5, 0.6) is 5.75 Å². The minimum absolute atomic E-state index is 0.421. The first-order valence-corrected chi connectivity index (χ1v) is 8.91. The van der Waals surface area contributed by atoms with Crippen LogP contribution in [0.3, 0.4) is 0 Å². The fraction of sp³-hybridized carbons (Fsp3) is 0.111. The van der Waals surface area contributed by atoms with Crippen molar-refractivity contribution in [2.24, 2.45) is 0 Å². The number of hydrogen-bond donors (Lipinski definition) is 3. The summed E-state index contributed by atoms with van der Waals surface area (Å²) in [6.45, 7) is 1.58. The highest BCUT2D eigenvalue weighted by Gasteiger charge is 2.18. The van der Waals surface area contributed by atoms with Crippen LogP contribution in [0.15, 0.2) is 53.1 Å². The van der Waals surface area contributed by atoms with Gasteiger partial charge in [0.05, 0.1) is 10.0 Å². The first kappa shape index (κ1) is 18.3. The van der Waals surface area contributed by atoms with Gasteiger partial charge in [-0.05, 0) is 47.1 Å². The van der Waals surface area contributed by atoms with Crippen LogP contribution in [0.2, 0.25) is 5.02 Å². The van der Waals surface area contributed by atoms with Crippen molar-refractivity contribution in [1.82, 2.24) is 15.8 Å². The predicted molar refractivity (Wildman–Crippen MR) is 103 cm³/mol. The maximum absolute atomic E-state index is 12.3. The fourth-order valence-electron chi connectivity index (χ4n) is 2.36. The van der Waals surface area contributed by atoms with Crippen molar-refractivity contribution in [3.8, 4) is 5.75 Å². The van der Waals surface area contributed by atoms with E-state index in [1.54, 1.807) is 31.3 Å². The highest BCUT2D eigenvalue weighted by Crippen LogP contribution is 2.28. The van der Waals surface area contributed by atoms with E-state index < -0.39 is 17.9 Å². The van der Waals surface area contributed by atoms with Crippen LogP contribution in [0, 0.1) is 0 Å². The Morgan fingerprint density at radius 3 is 2.73 bits per heavy atom. The number of fused-ring (bicyclic) bond motifs is 1. The van der Waals surface area contributed by atoms with Gasteiger partial charge in [-0.25, -0.2) is 0 Å². The molecule has 6 nitrogen and oxygen atoms in total. The molecule has 3 aromatic rings. The first-order valence-electron chi connectivity index (χ1n) is 7.73. The second-order valence-electron chi connectivity index (χ2n) is 5.53. The van der Waals surface area contributed by atoms with Gasteiger partial charge in [0.15, 0.2) is 6.10 Å². The Balaban J connectivity index is 1.60. The van der Waals surface area contributed by atoms with Crippen molar-refractivity contribution in [2.75, 3.05) is 0 Å². The van der Waals surface area contributed by atoms with Gasteiger partial charge in [-0.2, -0.15) is 0 Å². The van der Waals surface area contributed by atoms with Crippen LogP contribution in [-0.4, -0.2) is 22.9 Å². The van der Waals surface area contributed by atoms with E-state index in [1.165, 1.54) is 0 Å². The van der Waals surface area contributed by atoms with Gasteiger partial charge in [0.25, 0.3) is 11.8 Å². The molecule has 0 saturated heterocycles. The molecule has 0 fully saturated rings. The van der Waals surface area contributed by atoms with Crippen LogP contribution in [0.4, 0.5) is 0 Å². The van der Waals surface area contributed by atoms with Crippen LogP contribution in [-0.2, 0) is 4.79 Å². The number of halogens is 2. The normalized spacial score (nSPS) is 11.8. The molecule has 0 saturated carbocycles. The molecule has 0 aliphatic rings. The van der Waals surface area contributed by atoms with E-state index in [0.717, 1.165) is 10.9 Å². The smallest absolute Gasteiger partial charge is 0.279 e. The number of nitrogens with one attached hydrogen (secondary N) is 3. The number of ether oxygens (including phenoxy) is 1. The van der Waals surface area contributed by atoms with E-state index in [4.69, 9.17) is 16.3 Å². The number of benzene rings is 2. The lowest BCUT2D eigenvalue weighted by molar-refractivity contribution is -0.128. The van der Waals surface area contributed by atoms with E-state index in [-0.39, 0.29) is 0 Å². The molecule has 1 aromatic heterocycles. The van der Waals surface area contributed by atoms with Crippen molar-refractivity contribution < 1.29 is 14.3 Å². The largest absolute Gasteiger partial charge is 0.480 e. The zero-order chi connectivity index (χ0) is 18.7. The molecular weight excluding hydrogens is 422 g/mol. The summed E-state index contributed by atoms with van der Waals surface area (Å²) in [4.78, 5) is 27.5. The third-order valence-corrected chi connectivity index (χ3v) is 4.55. The minimum atomic E-state index is -0.823. The Bertz CT molecular complexity index is 973. The standard InChI is InChI=1S/C18H15BrClN3O3/c1-10(26-16-7-6-11(20)8-14(16)19)17(24)22-23-18(25)13-9-21-15-5-3-2-4-12(13)15/h2-10,21H,1H3,(H,22,24)(H,23,25)/t10-/m0/s1. The quantitative estimate of drug-likeness (QED) is 0.544. The van der Waals surface area contributed by atoms with Crippen LogP contribution in [0.1, 0.15) is 17.3 Å². The second kappa shape index (κ2) is 7.80. The molecule has 8 heteroatoms. The van der Waals surface area contributed by atoms with Gasteiger partial charge < -0.3 is 9.72 Å². The Hall–Kier alpha value is -2.51. The second-order valence-corrected chi connectivity index (χ2v) is 6.82. The number of hydrazine groups is 1. The number of aromatic nitrogens is 1. The third-order valence-electron chi connectivity index (χ3n) is 3.70. The molecule has 1 atom stereocenters. The Kier molecular flexibility index (Phi) is 5.49. The molecule has 1 heterocycles. The average Bonchev–Trinajstić information content (AvgIpc) is 3.06. The number of amides is 2.